The first-order valence-electron chi connectivity index (χ1n) is 8.44. The number of aromatic nitrogens is 3. The van der Waals surface area contributed by atoms with Gasteiger partial charge in [-0.1, -0.05) is 35.0 Å². The number of benzene rings is 2. The third kappa shape index (κ3) is 3.43. The van der Waals surface area contributed by atoms with E-state index in [0.29, 0.717) is 5.56 Å². The predicted octanol–water partition coefficient (Wildman–Crippen LogP) is 5.52. The Morgan fingerprint density at radius 1 is 0.867 bits per heavy atom. The molecule has 3 rings (SSSR count). The highest BCUT2D eigenvalue weighted by Crippen LogP contribution is 2.52. The Balaban J connectivity index is 2.16. The Bertz CT molecular complexity index is 1020. The highest BCUT2D eigenvalue weighted by molar-refractivity contribution is 5.74. The fraction of sp³-hybridized carbons (Fsp3) is 0.333. The van der Waals surface area contributed by atoms with Gasteiger partial charge < -0.3 is 5.32 Å². The number of nitrogens with one attached hydrogen (secondary N) is 1. The first-order chi connectivity index (χ1) is 13.9. The van der Waals surface area contributed by atoms with E-state index in [0.717, 1.165) is 0 Å². The molecular weight excluding hydrogens is 424 g/mol. The second-order valence-corrected chi connectivity index (χ2v) is 6.56. The predicted molar refractivity (Wildman–Crippen MR) is 92.2 cm³/mol. The van der Waals surface area contributed by atoms with Crippen LogP contribution in [0.2, 0.25) is 0 Å². The summed E-state index contributed by atoms with van der Waals surface area (Å²) in [6.07, 6.45) is -7.99. The van der Waals surface area contributed by atoms with Gasteiger partial charge in [0.2, 0.25) is 0 Å². The molecule has 1 heterocycles. The molecule has 0 aliphatic rings. The summed E-state index contributed by atoms with van der Waals surface area (Å²) < 4.78 is 110. The molecule has 0 fully saturated rings. The van der Waals surface area contributed by atoms with Crippen LogP contribution >= 0.6 is 0 Å². The number of halogens is 8. The standard InChI is InChI=1S/C18H14F8N4/c1-10-6-8-11(9-7-10)27-15(30-13-5-3-2-4-12(13)28-29-30)17(23,24)18(25,26)16(21,22)14(19)20/h2-9,14-15,27H,1H3. The van der Waals surface area contributed by atoms with E-state index in [4.69, 9.17) is 0 Å². The topological polar surface area (TPSA) is 42.7 Å². The average Bonchev–Trinajstić information content (AvgIpc) is 3.10. The highest BCUT2D eigenvalue weighted by Gasteiger charge is 2.78. The summed E-state index contributed by atoms with van der Waals surface area (Å²) in [5, 5.41) is 8.93. The summed E-state index contributed by atoms with van der Waals surface area (Å²) in [4.78, 5) is 0. The molecule has 3 aromatic rings. The van der Waals surface area contributed by atoms with Gasteiger partial charge in [-0.3, -0.25) is 0 Å². The van der Waals surface area contributed by atoms with E-state index in [2.05, 4.69) is 10.3 Å². The van der Waals surface area contributed by atoms with Crippen molar-refractivity contribution in [2.45, 2.75) is 37.3 Å². The maximum atomic E-state index is 14.9. The number of hydrogen-bond acceptors (Lipinski definition) is 3. The normalized spacial score (nSPS) is 14.3. The van der Waals surface area contributed by atoms with Gasteiger partial charge in [0.05, 0.1) is 5.52 Å². The summed E-state index contributed by atoms with van der Waals surface area (Å²) in [6, 6.07) is 10.7. The van der Waals surface area contributed by atoms with Gasteiger partial charge in [-0.2, -0.15) is 26.3 Å². The zero-order chi connectivity index (χ0) is 22.3. The summed E-state index contributed by atoms with van der Waals surface area (Å²) in [7, 11) is 0. The Hall–Kier alpha value is -2.92. The van der Waals surface area contributed by atoms with Crippen LogP contribution in [0.25, 0.3) is 11.0 Å². The van der Waals surface area contributed by atoms with Gasteiger partial charge in [0.25, 0.3) is 0 Å². The van der Waals surface area contributed by atoms with Gasteiger partial charge in [-0.05, 0) is 31.2 Å². The molecule has 1 atom stereocenters. The Morgan fingerprint density at radius 2 is 1.47 bits per heavy atom. The molecule has 1 unspecified atom stereocenters. The number of nitrogens with zero attached hydrogens (tertiary/aromatic N) is 3. The van der Waals surface area contributed by atoms with Crippen molar-refractivity contribution in [2.24, 2.45) is 0 Å². The summed E-state index contributed by atoms with van der Waals surface area (Å²) in [6.45, 7) is 1.66. The molecule has 0 radical (unpaired) electrons. The van der Waals surface area contributed by atoms with Crippen molar-refractivity contribution < 1.29 is 35.1 Å². The Kier molecular flexibility index (Phi) is 5.37. The third-order valence-corrected chi connectivity index (χ3v) is 4.43. The van der Waals surface area contributed by atoms with Crippen LogP contribution in [0, 0.1) is 6.92 Å². The lowest BCUT2D eigenvalue weighted by atomic mass is 10.0. The summed E-state index contributed by atoms with van der Waals surface area (Å²) in [5.74, 6) is -18.4. The number of aryl methyl sites for hydroxylation is 1. The van der Waals surface area contributed by atoms with E-state index in [9.17, 15) is 35.1 Å². The van der Waals surface area contributed by atoms with Crippen LogP contribution in [-0.4, -0.2) is 39.2 Å². The average molecular weight is 438 g/mol. The lowest BCUT2D eigenvalue weighted by molar-refractivity contribution is -0.346. The van der Waals surface area contributed by atoms with Crippen LogP contribution in [0.5, 0.6) is 0 Å². The maximum absolute atomic E-state index is 14.9. The van der Waals surface area contributed by atoms with Crippen LogP contribution < -0.4 is 5.32 Å². The monoisotopic (exact) mass is 438 g/mol. The van der Waals surface area contributed by atoms with Crippen molar-refractivity contribution >= 4 is 16.7 Å². The molecule has 0 aliphatic carbocycles. The molecule has 0 bridgehead atoms. The van der Waals surface area contributed by atoms with Crippen molar-refractivity contribution in [3.8, 4) is 0 Å². The van der Waals surface area contributed by atoms with Gasteiger partial charge >= 0.3 is 24.2 Å². The first-order valence-corrected chi connectivity index (χ1v) is 8.44. The van der Waals surface area contributed by atoms with Crippen LogP contribution in [0.3, 0.4) is 0 Å². The second kappa shape index (κ2) is 7.40. The van der Waals surface area contributed by atoms with Crippen molar-refractivity contribution in [3.63, 3.8) is 0 Å². The van der Waals surface area contributed by atoms with Gasteiger partial charge in [0, 0.05) is 5.69 Å². The molecule has 2 aromatic carbocycles. The number of hydrogen-bond donors (Lipinski definition) is 1. The van der Waals surface area contributed by atoms with Crippen LogP contribution in [-0.2, 0) is 0 Å². The molecule has 0 aliphatic heterocycles. The highest BCUT2D eigenvalue weighted by atomic mass is 19.4. The molecule has 30 heavy (non-hydrogen) atoms. The van der Waals surface area contributed by atoms with Gasteiger partial charge in [-0.25, -0.2) is 13.5 Å². The van der Waals surface area contributed by atoms with E-state index in [-0.39, 0.29) is 21.4 Å². The van der Waals surface area contributed by atoms with E-state index < -0.39 is 30.4 Å². The molecular formula is C18H14F8N4. The molecule has 0 saturated heterocycles. The van der Waals surface area contributed by atoms with E-state index in [1.807, 2.05) is 5.32 Å². The van der Waals surface area contributed by atoms with Crippen molar-refractivity contribution in [1.82, 2.24) is 15.0 Å². The maximum Gasteiger partial charge on any atom is 0.382 e. The molecule has 1 N–H and O–H groups in total. The van der Waals surface area contributed by atoms with Crippen LogP contribution in [0.1, 0.15) is 11.7 Å². The first kappa shape index (κ1) is 21.8. The molecule has 1 aromatic heterocycles. The molecule has 0 saturated carbocycles. The summed E-state index contributed by atoms with van der Waals surface area (Å²) >= 11 is 0. The largest absolute Gasteiger partial charge is 0.382 e. The van der Waals surface area contributed by atoms with Gasteiger partial charge in [0.15, 0.2) is 6.17 Å². The van der Waals surface area contributed by atoms with Crippen LogP contribution in [0.4, 0.5) is 40.8 Å². The Labute approximate surface area is 164 Å². The number of para-hydroxylation sites is 1. The minimum absolute atomic E-state index is 0.00735. The molecule has 12 heteroatoms. The number of rotatable bonds is 7. The van der Waals surface area contributed by atoms with E-state index >= 15 is 0 Å². The van der Waals surface area contributed by atoms with Crippen LogP contribution in [0.15, 0.2) is 48.5 Å². The number of alkyl halides is 8. The fourth-order valence-corrected chi connectivity index (χ4v) is 2.72. The number of anilines is 1. The van der Waals surface area contributed by atoms with Gasteiger partial charge in [-0.15, -0.1) is 5.10 Å². The quantitative estimate of drug-likeness (QED) is 0.494. The van der Waals surface area contributed by atoms with Crippen molar-refractivity contribution in [1.29, 1.82) is 0 Å². The third-order valence-electron chi connectivity index (χ3n) is 4.43. The van der Waals surface area contributed by atoms with Gasteiger partial charge in [0.1, 0.15) is 5.52 Å². The molecule has 162 valence electrons. The summed E-state index contributed by atoms with van der Waals surface area (Å²) in [5.41, 5.74) is 0.358. The zero-order valence-corrected chi connectivity index (χ0v) is 15.1. The Morgan fingerprint density at radius 3 is 2.07 bits per heavy atom. The molecule has 0 amide bonds. The van der Waals surface area contributed by atoms with E-state index in [1.165, 1.54) is 48.5 Å². The smallest absolute Gasteiger partial charge is 0.359 e. The second-order valence-electron chi connectivity index (χ2n) is 6.56. The minimum atomic E-state index is -6.43. The van der Waals surface area contributed by atoms with E-state index in [1.54, 1.807) is 6.92 Å². The lowest BCUT2D eigenvalue weighted by Crippen LogP contribution is -2.61. The lowest BCUT2D eigenvalue weighted by Gasteiger charge is -2.37. The zero-order valence-electron chi connectivity index (χ0n) is 15.1. The fourth-order valence-electron chi connectivity index (χ4n) is 2.72. The minimum Gasteiger partial charge on any atom is -0.359 e. The molecule has 4 nitrogen and oxygen atoms in total. The SMILES string of the molecule is Cc1ccc(NC(n2nnc3ccccc32)C(F)(F)C(F)(F)C(F)(F)C(F)F)cc1. The van der Waals surface area contributed by atoms with Crippen molar-refractivity contribution in [3.05, 3.63) is 54.1 Å². The van der Waals surface area contributed by atoms with Crippen molar-refractivity contribution in [2.75, 3.05) is 5.32 Å². The number of fused-ring (bicyclic) bond motifs is 1. The molecule has 0 spiro atoms.